The van der Waals surface area contributed by atoms with Crippen molar-refractivity contribution in [3.63, 3.8) is 0 Å². The van der Waals surface area contributed by atoms with Crippen LogP contribution in [-0.2, 0) is 0 Å². The number of thioether (sulfide) groups is 2. The van der Waals surface area contributed by atoms with E-state index < -0.39 is 0 Å². The molecule has 0 unspecified atom stereocenters. The number of nitrogens with one attached hydrogen (secondary N) is 2. The van der Waals surface area contributed by atoms with Crippen LogP contribution in [0.3, 0.4) is 0 Å². The van der Waals surface area contributed by atoms with Crippen molar-refractivity contribution in [2.45, 2.75) is 10.1 Å². The van der Waals surface area contributed by atoms with Crippen molar-refractivity contribution in [1.29, 1.82) is 0 Å². The maximum atomic E-state index is 4.22. The minimum Gasteiger partial charge on any atom is -0.278 e. The molecule has 0 bridgehead atoms. The number of halogens is 1. The fraction of sp³-hybridized carbons (Fsp3) is 0.143. The standard InChI is InChI=1S/C8H8N2S.C6H5IN4S/c1-11-7-3-2-6-5-9-10-8(6)4-7;1-12-6-8-2-3-4(7)10-11-5(3)9-6/h2-5H,1H3,(H,9,10);2H,1H3,(H,8,9,10,11). The van der Waals surface area contributed by atoms with Crippen molar-refractivity contribution in [3.05, 3.63) is 34.3 Å². The highest BCUT2D eigenvalue weighted by Gasteiger charge is 2.04. The van der Waals surface area contributed by atoms with E-state index in [-0.39, 0.29) is 0 Å². The van der Waals surface area contributed by atoms with E-state index in [2.05, 4.69) is 77.4 Å². The molecule has 3 aromatic heterocycles. The normalized spacial score (nSPS) is 10.7. The minimum absolute atomic E-state index is 0.735. The molecule has 0 atom stereocenters. The number of rotatable bonds is 2. The first-order valence-electron chi connectivity index (χ1n) is 6.59. The first-order valence-corrected chi connectivity index (χ1v) is 10.1. The van der Waals surface area contributed by atoms with E-state index in [0.29, 0.717) is 0 Å². The molecule has 2 N–H and O–H groups in total. The van der Waals surface area contributed by atoms with Gasteiger partial charge in [-0.1, -0.05) is 17.8 Å². The van der Waals surface area contributed by atoms with Gasteiger partial charge in [-0.15, -0.1) is 11.8 Å². The third-order valence-electron chi connectivity index (χ3n) is 3.07. The lowest BCUT2D eigenvalue weighted by atomic mass is 10.3. The van der Waals surface area contributed by atoms with E-state index in [4.69, 9.17) is 0 Å². The van der Waals surface area contributed by atoms with Gasteiger partial charge in [0.25, 0.3) is 0 Å². The highest BCUT2D eigenvalue weighted by Crippen LogP contribution is 2.19. The van der Waals surface area contributed by atoms with Crippen molar-refractivity contribution in [3.8, 4) is 0 Å². The van der Waals surface area contributed by atoms with Crippen molar-refractivity contribution in [2.24, 2.45) is 0 Å². The van der Waals surface area contributed by atoms with Crippen molar-refractivity contribution in [2.75, 3.05) is 12.5 Å². The van der Waals surface area contributed by atoms with Crippen molar-refractivity contribution < 1.29 is 0 Å². The molecule has 0 aliphatic carbocycles. The molecule has 0 aliphatic rings. The smallest absolute Gasteiger partial charge is 0.189 e. The Balaban J connectivity index is 0.000000136. The summed E-state index contributed by atoms with van der Waals surface area (Å²) in [6, 6.07) is 6.28. The van der Waals surface area contributed by atoms with Gasteiger partial charge in [-0.25, -0.2) is 9.97 Å². The predicted octanol–water partition coefficient (Wildman–Crippen LogP) is 3.96. The number of hydrogen-bond acceptors (Lipinski definition) is 6. The van der Waals surface area contributed by atoms with Gasteiger partial charge in [0.1, 0.15) is 3.70 Å². The molecule has 0 spiro atoms. The Morgan fingerprint density at radius 1 is 1.09 bits per heavy atom. The largest absolute Gasteiger partial charge is 0.278 e. The zero-order valence-electron chi connectivity index (χ0n) is 12.4. The number of nitrogens with zero attached hydrogens (tertiary/aromatic N) is 4. The highest BCUT2D eigenvalue weighted by molar-refractivity contribution is 14.1. The highest BCUT2D eigenvalue weighted by atomic mass is 127. The molecule has 0 saturated heterocycles. The molecule has 3 heterocycles. The minimum atomic E-state index is 0.735. The summed E-state index contributed by atoms with van der Waals surface area (Å²) in [5, 5.41) is 16.7. The predicted molar refractivity (Wildman–Crippen MR) is 104 cm³/mol. The molecule has 4 rings (SSSR count). The maximum Gasteiger partial charge on any atom is 0.189 e. The van der Waals surface area contributed by atoms with Crippen LogP contribution in [0.15, 0.2) is 40.6 Å². The van der Waals surface area contributed by atoms with Crippen molar-refractivity contribution >= 4 is 68.1 Å². The second-order valence-electron chi connectivity index (χ2n) is 4.45. The van der Waals surface area contributed by atoms with E-state index in [1.54, 1.807) is 18.0 Å². The Morgan fingerprint density at radius 3 is 2.74 bits per heavy atom. The molecule has 118 valence electrons. The topological polar surface area (TPSA) is 83.1 Å². The van der Waals surface area contributed by atoms with Crippen LogP contribution in [0.5, 0.6) is 0 Å². The molecule has 6 nitrogen and oxygen atoms in total. The SMILES string of the molecule is CSc1ccc2cn[nH]c2c1.CSc1ncc2c(I)[nH]nc2n1. The van der Waals surface area contributed by atoms with Crippen LogP contribution >= 0.6 is 46.1 Å². The first kappa shape index (κ1) is 16.5. The average Bonchev–Trinajstić information content (AvgIpc) is 3.21. The number of aromatic amines is 2. The average molecular weight is 456 g/mol. The molecule has 1 aromatic carbocycles. The van der Waals surface area contributed by atoms with Crippen molar-refractivity contribution in [1.82, 2.24) is 30.4 Å². The molecule has 0 aliphatic heterocycles. The number of aromatic nitrogens is 6. The fourth-order valence-corrected chi connectivity index (χ4v) is 3.18. The van der Waals surface area contributed by atoms with Gasteiger partial charge >= 0.3 is 0 Å². The van der Waals surface area contributed by atoms with Gasteiger partial charge in [-0.3, -0.25) is 10.2 Å². The van der Waals surface area contributed by atoms with Crippen LogP contribution in [0.4, 0.5) is 0 Å². The first-order chi connectivity index (χ1) is 11.2. The zero-order valence-corrected chi connectivity index (χ0v) is 16.2. The number of fused-ring (bicyclic) bond motifs is 2. The Labute approximate surface area is 154 Å². The summed E-state index contributed by atoms with van der Waals surface area (Å²) in [6.45, 7) is 0. The van der Waals surface area contributed by atoms with E-state index in [0.717, 1.165) is 25.4 Å². The molecule has 4 aromatic rings. The third-order valence-corrected chi connectivity index (χ3v) is 5.18. The van der Waals surface area contributed by atoms with Crippen LogP contribution in [0, 0.1) is 3.70 Å². The summed E-state index contributed by atoms with van der Waals surface area (Å²) < 4.78 is 0.982. The van der Waals surface area contributed by atoms with E-state index in [1.807, 2.05) is 12.5 Å². The van der Waals surface area contributed by atoms with Crippen LogP contribution in [-0.4, -0.2) is 42.9 Å². The summed E-state index contributed by atoms with van der Waals surface area (Å²) in [5.74, 6) is 0. The zero-order chi connectivity index (χ0) is 16.2. The lowest BCUT2D eigenvalue weighted by Crippen LogP contribution is -1.85. The second kappa shape index (κ2) is 7.49. The maximum absolute atomic E-state index is 4.22. The summed E-state index contributed by atoms with van der Waals surface area (Å²) in [7, 11) is 0. The molecule has 0 fully saturated rings. The van der Waals surface area contributed by atoms with Gasteiger partial charge in [-0.05, 0) is 47.2 Å². The molecular weight excluding hydrogens is 443 g/mol. The molecule has 0 radical (unpaired) electrons. The van der Waals surface area contributed by atoms with Gasteiger partial charge in [0, 0.05) is 16.5 Å². The van der Waals surface area contributed by atoms with Gasteiger partial charge in [0.05, 0.1) is 17.1 Å². The van der Waals surface area contributed by atoms with Crippen LogP contribution in [0.2, 0.25) is 0 Å². The monoisotopic (exact) mass is 456 g/mol. The number of H-pyrrole nitrogens is 2. The second-order valence-corrected chi connectivity index (χ2v) is 7.19. The van der Waals surface area contributed by atoms with Gasteiger partial charge in [0.2, 0.25) is 0 Å². The lowest BCUT2D eigenvalue weighted by Gasteiger charge is -1.93. The Hall–Kier alpha value is -1.33. The Bertz CT molecular complexity index is 935. The fourth-order valence-electron chi connectivity index (χ4n) is 1.90. The summed E-state index contributed by atoms with van der Waals surface area (Å²) in [5.41, 5.74) is 1.84. The van der Waals surface area contributed by atoms with Gasteiger partial charge < -0.3 is 0 Å². The summed E-state index contributed by atoms with van der Waals surface area (Å²) >= 11 is 5.43. The molecule has 23 heavy (non-hydrogen) atoms. The number of hydrogen-bond donors (Lipinski definition) is 2. The van der Waals surface area contributed by atoms with Gasteiger partial charge in [-0.2, -0.15) is 10.2 Å². The molecule has 0 amide bonds. The lowest BCUT2D eigenvalue weighted by molar-refractivity contribution is 0.983. The van der Waals surface area contributed by atoms with Crippen LogP contribution in [0.25, 0.3) is 21.9 Å². The van der Waals surface area contributed by atoms with Crippen LogP contribution < -0.4 is 0 Å². The third kappa shape index (κ3) is 3.78. The quantitative estimate of drug-likeness (QED) is 0.270. The molecule has 9 heteroatoms. The van der Waals surface area contributed by atoms with E-state index in [1.165, 1.54) is 22.0 Å². The molecule has 0 saturated carbocycles. The summed E-state index contributed by atoms with van der Waals surface area (Å²) in [6.07, 6.45) is 7.63. The molecular formula is C14H13IN6S2. The Kier molecular flexibility index (Phi) is 5.38. The van der Waals surface area contributed by atoms with Crippen LogP contribution in [0.1, 0.15) is 0 Å². The summed E-state index contributed by atoms with van der Waals surface area (Å²) in [4.78, 5) is 9.63. The van der Waals surface area contributed by atoms with E-state index in [9.17, 15) is 0 Å². The van der Waals surface area contributed by atoms with E-state index >= 15 is 0 Å². The van der Waals surface area contributed by atoms with Gasteiger partial charge in [0.15, 0.2) is 10.8 Å². The number of benzene rings is 1. The Morgan fingerprint density at radius 2 is 1.96 bits per heavy atom.